The van der Waals surface area contributed by atoms with Crippen molar-refractivity contribution in [2.45, 2.75) is 20.3 Å². The Morgan fingerprint density at radius 2 is 2.17 bits per heavy atom. The first-order valence-electron chi connectivity index (χ1n) is 5.66. The van der Waals surface area contributed by atoms with E-state index in [4.69, 9.17) is 10.6 Å². The van der Waals surface area contributed by atoms with Crippen LogP contribution in [0.3, 0.4) is 0 Å². The minimum atomic E-state index is 0.228. The van der Waals surface area contributed by atoms with Crippen LogP contribution in [0.15, 0.2) is 12.4 Å². The molecule has 96 valence electrons. The number of rotatable bonds is 5. The molecule has 0 radical (unpaired) electrons. The molecule has 0 spiro atoms. The van der Waals surface area contributed by atoms with Gasteiger partial charge in [-0.3, -0.25) is 9.99 Å². The molecule has 0 saturated carbocycles. The minimum Gasteiger partial charge on any atom is -0.464 e. The molecule has 0 aromatic carbocycles. The minimum absolute atomic E-state index is 0.228. The summed E-state index contributed by atoms with van der Waals surface area (Å²) in [5.41, 5.74) is 2.39. The van der Waals surface area contributed by atoms with Crippen molar-refractivity contribution in [3.63, 3.8) is 0 Å². The molecule has 3 N–H and O–H groups in total. The number of nitrogens with zero attached hydrogens (tertiary/aromatic N) is 5. The van der Waals surface area contributed by atoms with Crippen LogP contribution in [0.4, 0.5) is 5.95 Å². The summed E-state index contributed by atoms with van der Waals surface area (Å²) < 4.78 is 7.04. The van der Waals surface area contributed by atoms with Gasteiger partial charge in [-0.15, -0.1) is 0 Å². The molecule has 0 atom stereocenters. The van der Waals surface area contributed by atoms with Crippen molar-refractivity contribution in [2.24, 2.45) is 5.84 Å². The first-order chi connectivity index (χ1) is 8.78. The van der Waals surface area contributed by atoms with Crippen LogP contribution in [0.5, 0.6) is 6.01 Å². The lowest BCUT2D eigenvalue weighted by molar-refractivity contribution is 0.311. The Hall–Kier alpha value is -2.22. The van der Waals surface area contributed by atoms with Gasteiger partial charge in [-0.05, 0) is 6.92 Å². The molecule has 0 aliphatic rings. The molecule has 18 heavy (non-hydrogen) atoms. The molecule has 8 nitrogen and oxygen atoms in total. The topological polar surface area (TPSA) is 104 Å². The zero-order valence-electron chi connectivity index (χ0n) is 10.3. The predicted octanol–water partition coefficient (Wildman–Crippen LogP) is 0.304. The van der Waals surface area contributed by atoms with Gasteiger partial charge < -0.3 is 4.74 Å². The molecule has 2 heterocycles. The third kappa shape index (κ3) is 2.38. The molecule has 0 amide bonds. The first-order valence-corrected chi connectivity index (χ1v) is 5.66. The average molecular weight is 249 g/mol. The number of ether oxygens (including phenoxy) is 1. The van der Waals surface area contributed by atoms with Crippen molar-refractivity contribution in [2.75, 3.05) is 12.0 Å². The van der Waals surface area contributed by atoms with E-state index < -0.39 is 0 Å². The number of nitrogens with one attached hydrogen (secondary N) is 1. The molecule has 8 heteroatoms. The van der Waals surface area contributed by atoms with E-state index in [1.165, 1.54) is 0 Å². The molecule has 2 aromatic rings. The summed E-state index contributed by atoms with van der Waals surface area (Å²) in [7, 11) is 0. The van der Waals surface area contributed by atoms with Crippen LogP contribution < -0.4 is 16.0 Å². The number of nitrogen functional groups attached to an aromatic ring is 1. The van der Waals surface area contributed by atoms with Crippen LogP contribution >= 0.6 is 0 Å². The Labute approximate surface area is 104 Å². The Kier molecular flexibility index (Phi) is 3.68. The molecule has 0 aliphatic carbocycles. The number of aryl methyl sites for hydroxylation is 1. The number of nitrogens with two attached hydrogens (primary N) is 1. The van der Waals surface area contributed by atoms with Crippen molar-refractivity contribution in [3.8, 4) is 12.0 Å². The van der Waals surface area contributed by atoms with Crippen molar-refractivity contribution < 1.29 is 4.74 Å². The number of hydrazine groups is 1. The Morgan fingerprint density at radius 3 is 2.83 bits per heavy atom. The van der Waals surface area contributed by atoms with E-state index in [0.29, 0.717) is 12.6 Å². The van der Waals surface area contributed by atoms with E-state index in [9.17, 15) is 0 Å². The van der Waals surface area contributed by atoms with E-state index >= 15 is 0 Å². The second-order valence-corrected chi connectivity index (χ2v) is 3.39. The first kappa shape index (κ1) is 12.2. The zero-order valence-corrected chi connectivity index (χ0v) is 10.3. The fourth-order valence-corrected chi connectivity index (χ4v) is 1.49. The second-order valence-electron chi connectivity index (χ2n) is 3.39. The number of aromatic nitrogens is 5. The van der Waals surface area contributed by atoms with E-state index in [1.807, 2.05) is 13.8 Å². The monoisotopic (exact) mass is 249 g/mol. The van der Waals surface area contributed by atoms with Crippen molar-refractivity contribution in [1.82, 2.24) is 24.5 Å². The molecule has 2 aromatic heterocycles. The van der Waals surface area contributed by atoms with Gasteiger partial charge in [0.05, 0.1) is 6.61 Å². The molecular weight excluding hydrogens is 234 g/mol. The maximum atomic E-state index is 5.32. The SMILES string of the molecule is CCOc1nc(NN)nc(-n2ccnc2CC)n1. The summed E-state index contributed by atoms with van der Waals surface area (Å²) in [6.07, 6.45) is 4.25. The Balaban J connectivity index is 2.46. The lowest BCUT2D eigenvalue weighted by atomic mass is 10.4. The lowest BCUT2D eigenvalue weighted by Crippen LogP contribution is -2.15. The van der Waals surface area contributed by atoms with Crippen LogP contribution in [0.2, 0.25) is 0 Å². The highest BCUT2D eigenvalue weighted by atomic mass is 16.5. The van der Waals surface area contributed by atoms with Gasteiger partial charge in [0.1, 0.15) is 5.82 Å². The molecule has 2 rings (SSSR count). The van der Waals surface area contributed by atoms with Gasteiger partial charge in [-0.2, -0.15) is 15.0 Å². The van der Waals surface area contributed by atoms with Gasteiger partial charge >= 0.3 is 6.01 Å². The highest BCUT2D eigenvalue weighted by Crippen LogP contribution is 2.12. The van der Waals surface area contributed by atoms with Gasteiger partial charge in [-0.1, -0.05) is 6.92 Å². The molecule has 0 unspecified atom stereocenters. The summed E-state index contributed by atoms with van der Waals surface area (Å²) >= 11 is 0. The number of hydrogen-bond donors (Lipinski definition) is 2. The highest BCUT2D eigenvalue weighted by Gasteiger charge is 2.10. The fraction of sp³-hybridized carbons (Fsp3) is 0.400. The molecule has 0 fully saturated rings. The third-order valence-corrected chi connectivity index (χ3v) is 2.25. The van der Waals surface area contributed by atoms with Crippen molar-refractivity contribution in [1.29, 1.82) is 0 Å². The normalized spacial score (nSPS) is 10.4. The number of imidazole rings is 1. The largest absolute Gasteiger partial charge is 0.464 e. The maximum Gasteiger partial charge on any atom is 0.323 e. The summed E-state index contributed by atoms with van der Waals surface area (Å²) in [6.45, 7) is 4.33. The second kappa shape index (κ2) is 5.41. The summed E-state index contributed by atoms with van der Waals surface area (Å²) in [5, 5.41) is 0. The molecular formula is C10H15N7O. The molecule has 0 aliphatic heterocycles. The average Bonchev–Trinajstić information content (AvgIpc) is 2.87. The molecule has 0 bridgehead atoms. The highest BCUT2D eigenvalue weighted by molar-refractivity contribution is 5.29. The van der Waals surface area contributed by atoms with Gasteiger partial charge in [0.2, 0.25) is 11.9 Å². The van der Waals surface area contributed by atoms with Gasteiger partial charge in [0, 0.05) is 18.8 Å². The fourth-order valence-electron chi connectivity index (χ4n) is 1.49. The van der Waals surface area contributed by atoms with Gasteiger partial charge in [0.15, 0.2) is 0 Å². The Bertz CT molecular complexity index is 525. The zero-order chi connectivity index (χ0) is 13.0. The van der Waals surface area contributed by atoms with Crippen LogP contribution in [0, 0.1) is 0 Å². The van der Waals surface area contributed by atoms with Crippen LogP contribution in [-0.2, 0) is 6.42 Å². The van der Waals surface area contributed by atoms with Crippen LogP contribution in [0.1, 0.15) is 19.7 Å². The van der Waals surface area contributed by atoms with Crippen LogP contribution in [-0.4, -0.2) is 31.1 Å². The standard InChI is InChI=1S/C10H15N7O/c1-3-7-12-5-6-17(7)9-13-8(16-11)14-10(15-9)18-4-2/h5-6H,3-4,11H2,1-2H3,(H,13,14,15,16). The lowest BCUT2D eigenvalue weighted by Gasteiger charge is -2.08. The summed E-state index contributed by atoms with van der Waals surface area (Å²) in [6, 6.07) is 0.228. The van der Waals surface area contributed by atoms with Crippen molar-refractivity contribution >= 4 is 5.95 Å². The molecule has 0 saturated heterocycles. The summed E-state index contributed by atoms with van der Waals surface area (Å²) in [5.74, 6) is 6.85. The predicted molar refractivity (Wildman–Crippen MR) is 65.3 cm³/mol. The van der Waals surface area contributed by atoms with E-state index in [-0.39, 0.29) is 12.0 Å². The Morgan fingerprint density at radius 1 is 1.33 bits per heavy atom. The smallest absolute Gasteiger partial charge is 0.323 e. The maximum absolute atomic E-state index is 5.32. The summed E-state index contributed by atoms with van der Waals surface area (Å²) in [4.78, 5) is 16.6. The van der Waals surface area contributed by atoms with E-state index in [2.05, 4.69) is 25.4 Å². The van der Waals surface area contributed by atoms with E-state index in [1.54, 1.807) is 17.0 Å². The van der Waals surface area contributed by atoms with E-state index in [0.717, 1.165) is 12.2 Å². The van der Waals surface area contributed by atoms with Gasteiger partial charge in [-0.25, -0.2) is 10.8 Å². The number of hydrogen-bond acceptors (Lipinski definition) is 7. The van der Waals surface area contributed by atoms with Crippen molar-refractivity contribution in [3.05, 3.63) is 18.2 Å². The third-order valence-electron chi connectivity index (χ3n) is 2.25. The number of anilines is 1. The van der Waals surface area contributed by atoms with Crippen LogP contribution in [0.25, 0.3) is 5.95 Å². The van der Waals surface area contributed by atoms with Gasteiger partial charge in [0.25, 0.3) is 0 Å². The quantitative estimate of drug-likeness (QED) is 0.580.